The van der Waals surface area contributed by atoms with Crippen LogP contribution in [0.1, 0.15) is 5.69 Å². The molecule has 21 heavy (non-hydrogen) atoms. The van der Waals surface area contributed by atoms with E-state index in [0.29, 0.717) is 17.6 Å². The van der Waals surface area contributed by atoms with E-state index in [-0.39, 0.29) is 5.56 Å². The van der Waals surface area contributed by atoms with Gasteiger partial charge in [0.2, 0.25) is 0 Å². The Morgan fingerprint density at radius 1 is 1.05 bits per heavy atom. The topological polar surface area (TPSA) is 63.6 Å². The fourth-order valence-electron chi connectivity index (χ4n) is 2.45. The summed E-state index contributed by atoms with van der Waals surface area (Å²) in [6.07, 6.45) is 3.28. The molecule has 0 unspecified atom stereocenters. The number of rotatable bonds is 2. The summed E-state index contributed by atoms with van der Waals surface area (Å²) in [6.45, 7) is 0.408. The van der Waals surface area contributed by atoms with Gasteiger partial charge in [-0.05, 0) is 18.2 Å². The number of benzene rings is 1. The number of para-hydroxylation sites is 1. The molecular weight excluding hydrogens is 264 g/mol. The summed E-state index contributed by atoms with van der Waals surface area (Å²) in [5.41, 5.74) is 2.89. The lowest BCUT2D eigenvalue weighted by molar-refractivity contribution is 0.731. The van der Waals surface area contributed by atoms with Gasteiger partial charge in [0.1, 0.15) is 5.52 Å². The van der Waals surface area contributed by atoms with Crippen molar-refractivity contribution >= 4 is 21.9 Å². The van der Waals surface area contributed by atoms with Crippen LogP contribution in [0, 0.1) is 0 Å². The van der Waals surface area contributed by atoms with Crippen molar-refractivity contribution in [3.63, 3.8) is 0 Å². The fourth-order valence-corrected chi connectivity index (χ4v) is 2.45. The van der Waals surface area contributed by atoms with Crippen molar-refractivity contribution in [1.82, 2.24) is 19.5 Å². The summed E-state index contributed by atoms with van der Waals surface area (Å²) in [5.74, 6) is 0. The van der Waals surface area contributed by atoms with Crippen LogP contribution in [0.4, 0.5) is 0 Å². The van der Waals surface area contributed by atoms with E-state index in [4.69, 9.17) is 0 Å². The van der Waals surface area contributed by atoms with Gasteiger partial charge in [-0.2, -0.15) is 0 Å². The smallest absolute Gasteiger partial charge is 0.278 e. The average molecular weight is 276 g/mol. The van der Waals surface area contributed by atoms with Crippen molar-refractivity contribution in [2.75, 3.05) is 0 Å². The molecule has 4 aromatic rings. The third kappa shape index (κ3) is 1.99. The molecule has 1 N–H and O–H groups in total. The minimum Gasteiger partial charge on any atom is -0.355 e. The predicted molar refractivity (Wildman–Crippen MR) is 81.2 cm³/mol. The van der Waals surface area contributed by atoms with Gasteiger partial charge in [-0.25, -0.2) is 4.98 Å². The number of nitrogens with zero attached hydrogens (tertiary/aromatic N) is 3. The van der Waals surface area contributed by atoms with E-state index < -0.39 is 0 Å². The van der Waals surface area contributed by atoms with Gasteiger partial charge in [0.25, 0.3) is 5.56 Å². The second kappa shape index (κ2) is 4.56. The van der Waals surface area contributed by atoms with Gasteiger partial charge in [-0.1, -0.05) is 24.3 Å². The molecule has 5 heteroatoms. The molecule has 0 atom stereocenters. The van der Waals surface area contributed by atoms with Gasteiger partial charge in [-0.3, -0.25) is 14.3 Å². The number of hydrogen-bond acceptors (Lipinski definition) is 3. The Morgan fingerprint density at radius 3 is 2.90 bits per heavy atom. The number of nitrogens with one attached hydrogen (secondary N) is 1. The molecule has 0 radical (unpaired) electrons. The van der Waals surface area contributed by atoms with Crippen molar-refractivity contribution in [2.24, 2.45) is 0 Å². The first kappa shape index (κ1) is 11.8. The summed E-state index contributed by atoms with van der Waals surface area (Å²) in [6, 6.07) is 13.7. The number of H-pyrrole nitrogens is 1. The van der Waals surface area contributed by atoms with Crippen LogP contribution < -0.4 is 5.56 Å². The highest BCUT2D eigenvalue weighted by Gasteiger charge is 2.06. The number of aromatic nitrogens is 4. The molecule has 0 aliphatic heterocycles. The maximum absolute atomic E-state index is 12.3. The maximum atomic E-state index is 12.3. The second-order valence-corrected chi connectivity index (χ2v) is 4.91. The van der Waals surface area contributed by atoms with Crippen LogP contribution in [0.15, 0.2) is 59.8 Å². The van der Waals surface area contributed by atoms with Crippen LogP contribution in [0.2, 0.25) is 0 Å². The van der Waals surface area contributed by atoms with Gasteiger partial charge in [-0.15, -0.1) is 0 Å². The van der Waals surface area contributed by atoms with Gasteiger partial charge < -0.3 is 4.98 Å². The summed E-state index contributed by atoms with van der Waals surface area (Å²) < 4.78 is 1.57. The minimum absolute atomic E-state index is 0.0834. The van der Waals surface area contributed by atoms with Crippen LogP contribution >= 0.6 is 0 Å². The summed E-state index contributed by atoms with van der Waals surface area (Å²) in [5, 5.41) is 1.09. The van der Waals surface area contributed by atoms with Crippen LogP contribution in [0.5, 0.6) is 0 Å². The Balaban J connectivity index is 1.78. The Kier molecular flexibility index (Phi) is 2.57. The fraction of sp³-hybridized carbons (Fsp3) is 0.0625. The average Bonchev–Trinajstić information content (AvgIpc) is 2.99. The van der Waals surface area contributed by atoms with Crippen LogP contribution in [-0.4, -0.2) is 19.5 Å². The number of aromatic amines is 1. The van der Waals surface area contributed by atoms with Gasteiger partial charge >= 0.3 is 0 Å². The van der Waals surface area contributed by atoms with E-state index in [0.717, 1.165) is 16.6 Å². The van der Waals surface area contributed by atoms with Crippen LogP contribution in [-0.2, 0) is 6.54 Å². The van der Waals surface area contributed by atoms with Crippen molar-refractivity contribution < 1.29 is 0 Å². The first-order chi connectivity index (χ1) is 10.3. The normalized spacial score (nSPS) is 11.2. The van der Waals surface area contributed by atoms with E-state index in [1.807, 2.05) is 36.4 Å². The first-order valence-corrected chi connectivity index (χ1v) is 6.68. The van der Waals surface area contributed by atoms with Crippen molar-refractivity contribution in [3.8, 4) is 0 Å². The highest BCUT2D eigenvalue weighted by atomic mass is 16.1. The molecule has 0 aliphatic rings. The largest absolute Gasteiger partial charge is 0.355 e. The lowest BCUT2D eigenvalue weighted by atomic mass is 10.2. The van der Waals surface area contributed by atoms with Crippen molar-refractivity contribution in [2.45, 2.75) is 6.54 Å². The highest BCUT2D eigenvalue weighted by molar-refractivity contribution is 5.78. The van der Waals surface area contributed by atoms with Gasteiger partial charge in [0.15, 0.2) is 0 Å². The molecule has 0 saturated carbocycles. The van der Waals surface area contributed by atoms with E-state index in [1.165, 1.54) is 0 Å². The highest BCUT2D eigenvalue weighted by Crippen LogP contribution is 2.12. The SMILES string of the molecule is O=c1c2[nH]ccc2ncn1Cc1ccc2ccccc2n1. The molecule has 1 aromatic carbocycles. The van der Waals surface area contributed by atoms with Gasteiger partial charge in [0, 0.05) is 11.6 Å². The van der Waals surface area contributed by atoms with E-state index in [2.05, 4.69) is 15.0 Å². The molecule has 0 aliphatic carbocycles. The molecule has 3 heterocycles. The maximum Gasteiger partial charge on any atom is 0.278 e. The van der Waals surface area contributed by atoms with Crippen molar-refractivity contribution in [3.05, 3.63) is 71.0 Å². The molecule has 4 rings (SSSR count). The molecule has 0 fully saturated rings. The first-order valence-electron chi connectivity index (χ1n) is 6.68. The standard InChI is InChI=1S/C16H12N4O/c21-16-15-14(7-8-17-15)18-10-20(16)9-12-6-5-11-3-1-2-4-13(11)19-12/h1-8,10,17H,9H2. The third-order valence-electron chi connectivity index (χ3n) is 3.52. The third-order valence-corrected chi connectivity index (χ3v) is 3.52. The van der Waals surface area contributed by atoms with Crippen LogP contribution in [0.25, 0.3) is 21.9 Å². The summed E-state index contributed by atoms with van der Waals surface area (Å²) in [7, 11) is 0. The van der Waals surface area contributed by atoms with Gasteiger partial charge in [0.05, 0.1) is 29.6 Å². The molecule has 0 bridgehead atoms. The van der Waals surface area contributed by atoms with E-state index in [9.17, 15) is 4.79 Å². The molecule has 0 amide bonds. The minimum atomic E-state index is -0.0834. The molecular formula is C16H12N4O. The summed E-state index contributed by atoms with van der Waals surface area (Å²) in [4.78, 5) is 24.1. The Morgan fingerprint density at radius 2 is 1.95 bits per heavy atom. The second-order valence-electron chi connectivity index (χ2n) is 4.91. The zero-order chi connectivity index (χ0) is 14.2. The van der Waals surface area contributed by atoms with E-state index >= 15 is 0 Å². The zero-order valence-electron chi connectivity index (χ0n) is 11.2. The molecule has 0 saturated heterocycles. The lowest BCUT2D eigenvalue weighted by Crippen LogP contribution is -2.21. The molecule has 3 aromatic heterocycles. The lowest BCUT2D eigenvalue weighted by Gasteiger charge is -2.06. The Hall–Kier alpha value is -2.95. The zero-order valence-corrected chi connectivity index (χ0v) is 11.2. The number of fused-ring (bicyclic) bond motifs is 2. The molecule has 102 valence electrons. The quantitative estimate of drug-likeness (QED) is 0.611. The summed E-state index contributed by atoms with van der Waals surface area (Å²) >= 11 is 0. The molecule has 5 nitrogen and oxygen atoms in total. The monoisotopic (exact) mass is 276 g/mol. The van der Waals surface area contributed by atoms with Crippen molar-refractivity contribution in [1.29, 1.82) is 0 Å². The molecule has 0 spiro atoms. The van der Waals surface area contributed by atoms with E-state index in [1.54, 1.807) is 23.2 Å². The number of hydrogen-bond donors (Lipinski definition) is 1. The number of pyridine rings is 1. The Bertz CT molecular complexity index is 1000. The Labute approximate surface area is 119 Å². The predicted octanol–water partition coefficient (Wildman–Crippen LogP) is 2.32. The van der Waals surface area contributed by atoms with Crippen LogP contribution in [0.3, 0.4) is 0 Å².